The number of hydrogen-bond donors (Lipinski definition) is 0. The molecule has 0 bridgehead atoms. The summed E-state index contributed by atoms with van der Waals surface area (Å²) in [6.07, 6.45) is 1.48. The van der Waals surface area contributed by atoms with Crippen LogP contribution in [0.4, 0.5) is 8.78 Å². The lowest BCUT2D eigenvalue weighted by Gasteiger charge is -2.01. The first-order valence-electron chi connectivity index (χ1n) is 5.11. The zero-order valence-corrected chi connectivity index (χ0v) is 8.26. The quantitative estimate of drug-likeness (QED) is 0.605. The monoisotopic (exact) mass is 198 g/mol. The van der Waals surface area contributed by atoms with Crippen LogP contribution in [0.1, 0.15) is 31.2 Å². The summed E-state index contributed by atoms with van der Waals surface area (Å²) in [5.74, 6) is 0. The molecule has 0 radical (unpaired) electrons. The fraction of sp³-hybridized carbons (Fsp3) is 0.500. The van der Waals surface area contributed by atoms with Gasteiger partial charge in [-0.25, -0.2) is 8.78 Å². The van der Waals surface area contributed by atoms with Crippen LogP contribution >= 0.6 is 0 Å². The van der Waals surface area contributed by atoms with E-state index in [9.17, 15) is 8.78 Å². The first-order chi connectivity index (χ1) is 6.79. The first-order valence-corrected chi connectivity index (χ1v) is 5.11. The highest BCUT2D eigenvalue weighted by molar-refractivity contribution is 5.14. The Bertz CT molecular complexity index is 231. The molecular formula is C12H16F2. The van der Waals surface area contributed by atoms with Crippen LogP contribution < -0.4 is 0 Å². The molecule has 0 saturated heterocycles. The van der Waals surface area contributed by atoms with Gasteiger partial charge in [-0.15, -0.1) is 0 Å². The molecule has 0 N–H and O–H groups in total. The fourth-order valence-corrected chi connectivity index (χ4v) is 1.45. The zero-order chi connectivity index (χ0) is 10.2. The van der Waals surface area contributed by atoms with Gasteiger partial charge >= 0.3 is 0 Å². The van der Waals surface area contributed by atoms with Crippen LogP contribution in [0.5, 0.6) is 0 Å². The smallest absolute Gasteiger partial charge is 0.211 e. The molecular weight excluding hydrogens is 182 g/mol. The highest BCUT2D eigenvalue weighted by Gasteiger charge is 2.00. The van der Waals surface area contributed by atoms with Crippen LogP contribution in [0.15, 0.2) is 30.3 Å². The second kappa shape index (κ2) is 6.52. The standard InChI is InChI=1S/C12H16F2/c13-12(14)10-6-2-5-9-11-7-3-1-4-8-11/h1,3-4,7-8,12H,2,5-6,9-10H2. The number of aryl methyl sites for hydroxylation is 1. The second-order valence-corrected chi connectivity index (χ2v) is 3.48. The first kappa shape index (κ1) is 11.2. The van der Waals surface area contributed by atoms with E-state index in [1.807, 2.05) is 18.2 Å². The van der Waals surface area contributed by atoms with E-state index in [0.29, 0.717) is 6.42 Å². The van der Waals surface area contributed by atoms with Gasteiger partial charge in [-0.2, -0.15) is 0 Å². The summed E-state index contributed by atoms with van der Waals surface area (Å²) in [6, 6.07) is 10.2. The summed E-state index contributed by atoms with van der Waals surface area (Å²) in [6.45, 7) is 0. The van der Waals surface area contributed by atoms with E-state index < -0.39 is 6.43 Å². The molecule has 0 amide bonds. The topological polar surface area (TPSA) is 0 Å². The molecule has 1 aromatic carbocycles. The van der Waals surface area contributed by atoms with E-state index >= 15 is 0 Å². The van der Waals surface area contributed by atoms with Crippen molar-refractivity contribution in [1.29, 1.82) is 0 Å². The van der Waals surface area contributed by atoms with E-state index in [-0.39, 0.29) is 6.42 Å². The molecule has 0 nitrogen and oxygen atoms in total. The molecule has 0 aliphatic heterocycles. The second-order valence-electron chi connectivity index (χ2n) is 3.48. The lowest BCUT2D eigenvalue weighted by atomic mass is 10.1. The Morgan fingerprint density at radius 3 is 2.29 bits per heavy atom. The third-order valence-electron chi connectivity index (χ3n) is 2.23. The van der Waals surface area contributed by atoms with Crippen molar-refractivity contribution in [3.8, 4) is 0 Å². The molecule has 0 spiro atoms. The van der Waals surface area contributed by atoms with Crippen molar-refractivity contribution in [2.24, 2.45) is 0 Å². The summed E-state index contributed by atoms with van der Waals surface area (Å²) in [4.78, 5) is 0. The van der Waals surface area contributed by atoms with E-state index in [1.54, 1.807) is 0 Å². The maximum absolute atomic E-state index is 11.8. The Kier molecular flexibility index (Phi) is 5.20. The lowest BCUT2D eigenvalue weighted by Crippen LogP contribution is -1.91. The third-order valence-corrected chi connectivity index (χ3v) is 2.23. The summed E-state index contributed by atoms with van der Waals surface area (Å²) in [5, 5.41) is 0. The van der Waals surface area contributed by atoms with Crippen LogP contribution in [0, 0.1) is 0 Å². The van der Waals surface area contributed by atoms with Crippen LogP contribution in [0.25, 0.3) is 0 Å². The maximum atomic E-state index is 11.8. The van der Waals surface area contributed by atoms with Gasteiger partial charge in [0.2, 0.25) is 6.43 Å². The number of alkyl halides is 2. The number of hydrogen-bond acceptors (Lipinski definition) is 0. The summed E-state index contributed by atoms with van der Waals surface area (Å²) in [5.41, 5.74) is 1.30. The van der Waals surface area contributed by atoms with Crippen molar-refractivity contribution >= 4 is 0 Å². The molecule has 1 aromatic rings. The van der Waals surface area contributed by atoms with E-state index in [0.717, 1.165) is 19.3 Å². The van der Waals surface area contributed by atoms with Gasteiger partial charge in [-0.1, -0.05) is 36.8 Å². The average Bonchev–Trinajstić information content (AvgIpc) is 2.18. The predicted molar refractivity (Wildman–Crippen MR) is 54.6 cm³/mol. The van der Waals surface area contributed by atoms with Crippen molar-refractivity contribution in [2.75, 3.05) is 0 Å². The zero-order valence-electron chi connectivity index (χ0n) is 8.26. The molecule has 0 aliphatic rings. The molecule has 2 heteroatoms. The highest BCUT2D eigenvalue weighted by Crippen LogP contribution is 2.10. The van der Waals surface area contributed by atoms with Crippen LogP contribution in [-0.4, -0.2) is 6.43 Å². The molecule has 0 heterocycles. The Labute approximate surface area is 84.0 Å². The van der Waals surface area contributed by atoms with Crippen molar-refractivity contribution in [3.63, 3.8) is 0 Å². The van der Waals surface area contributed by atoms with Gasteiger partial charge in [0.25, 0.3) is 0 Å². The number of halogens is 2. The van der Waals surface area contributed by atoms with Crippen LogP contribution in [0.3, 0.4) is 0 Å². The maximum Gasteiger partial charge on any atom is 0.238 e. The molecule has 0 atom stereocenters. The van der Waals surface area contributed by atoms with Gasteiger partial charge in [-0.3, -0.25) is 0 Å². The van der Waals surface area contributed by atoms with Crippen LogP contribution in [-0.2, 0) is 6.42 Å². The molecule has 0 fully saturated rings. The molecule has 14 heavy (non-hydrogen) atoms. The minimum Gasteiger partial charge on any atom is -0.211 e. The molecule has 0 aromatic heterocycles. The Morgan fingerprint density at radius 2 is 1.64 bits per heavy atom. The van der Waals surface area contributed by atoms with Gasteiger partial charge in [-0.05, 0) is 24.8 Å². The molecule has 0 aliphatic carbocycles. The van der Waals surface area contributed by atoms with Gasteiger partial charge in [0.1, 0.15) is 0 Å². The normalized spacial score (nSPS) is 10.8. The number of unbranched alkanes of at least 4 members (excludes halogenated alkanes) is 2. The minimum absolute atomic E-state index is 0.0504. The predicted octanol–water partition coefficient (Wildman–Crippen LogP) is 4.05. The van der Waals surface area contributed by atoms with Crippen molar-refractivity contribution in [2.45, 2.75) is 38.5 Å². The summed E-state index contributed by atoms with van der Waals surface area (Å²) >= 11 is 0. The van der Waals surface area contributed by atoms with Crippen LogP contribution in [0.2, 0.25) is 0 Å². The van der Waals surface area contributed by atoms with E-state index in [1.165, 1.54) is 5.56 Å². The summed E-state index contributed by atoms with van der Waals surface area (Å²) in [7, 11) is 0. The Hall–Kier alpha value is -0.920. The third kappa shape index (κ3) is 4.95. The molecule has 78 valence electrons. The number of rotatable bonds is 6. The molecule has 1 rings (SSSR count). The van der Waals surface area contributed by atoms with Crippen molar-refractivity contribution in [1.82, 2.24) is 0 Å². The molecule has 0 saturated carbocycles. The lowest BCUT2D eigenvalue weighted by molar-refractivity contribution is 0.134. The largest absolute Gasteiger partial charge is 0.238 e. The highest BCUT2D eigenvalue weighted by atomic mass is 19.3. The molecule has 0 unspecified atom stereocenters. The summed E-state index contributed by atoms with van der Waals surface area (Å²) < 4.78 is 23.6. The SMILES string of the molecule is FC(F)CCCCCc1ccccc1. The van der Waals surface area contributed by atoms with Gasteiger partial charge < -0.3 is 0 Å². The Balaban J connectivity index is 2.05. The van der Waals surface area contributed by atoms with Crippen molar-refractivity contribution in [3.05, 3.63) is 35.9 Å². The van der Waals surface area contributed by atoms with Crippen molar-refractivity contribution < 1.29 is 8.78 Å². The van der Waals surface area contributed by atoms with E-state index in [4.69, 9.17) is 0 Å². The minimum atomic E-state index is -2.13. The van der Waals surface area contributed by atoms with Gasteiger partial charge in [0, 0.05) is 6.42 Å². The average molecular weight is 198 g/mol. The fourth-order valence-electron chi connectivity index (χ4n) is 1.45. The Morgan fingerprint density at radius 1 is 0.929 bits per heavy atom. The van der Waals surface area contributed by atoms with E-state index in [2.05, 4.69) is 12.1 Å². The van der Waals surface area contributed by atoms with Gasteiger partial charge in [0.15, 0.2) is 0 Å². The van der Waals surface area contributed by atoms with Gasteiger partial charge in [0.05, 0.1) is 0 Å². The number of benzene rings is 1.